The first-order valence-corrected chi connectivity index (χ1v) is 11.0. The molecule has 0 bridgehead atoms. The third kappa shape index (κ3) is 4.17. The van der Waals surface area contributed by atoms with Crippen LogP contribution in [0, 0.1) is 0 Å². The molecule has 4 heterocycles. The summed E-state index contributed by atoms with van der Waals surface area (Å²) in [5.41, 5.74) is 10.5. The van der Waals surface area contributed by atoms with E-state index >= 15 is 0 Å². The predicted molar refractivity (Wildman–Crippen MR) is 120 cm³/mol. The number of carbonyl (C=O) groups is 1. The van der Waals surface area contributed by atoms with E-state index in [4.69, 9.17) is 19.8 Å². The quantitative estimate of drug-likeness (QED) is 0.402. The highest BCUT2D eigenvalue weighted by Crippen LogP contribution is 2.32. The molecule has 13 nitrogen and oxygen atoms in total. The molecule has 0 unspecified atom stereocenters. The highest BCUT2D eigenvalue weighted by Gasteiger charge is 2.28. The van der Waals surface area contributed by atoms with Gasteiger partial charge in [-0.15, -0.1) is 5.10 Å². The Bertz CT molecular complexity index is 1230. The summed E-state index contributed by atoms with van der Waals surface area (Å²) < 4.78 is 16.9. The van der Waals surface area contributed by atoms with E-state index in [0.717, 1.165) is 24.9 Å². The van der Waals surface area contributed by atoms with Crippen molar-refractivity contribution in [3.8, 4) is 17.3 Å². The standard InChI is InChI=1S/C21H25N9O4/c1-12-5-3-4-8-29(12)10-15-18(24-28-30(15)20-19(22)26-34-27-20)21(31)25-23-13(2)14-6-7-16-17(9-14)33-11-32-16/h6-7,9,12H,3-5,8,10-11H2,1-2H3,(H2,22,26)(H,25,31)/b23-13+/t12-/m0/s1. The summed E-state index contributed by atoms with van der Waals surface area (Å²) in [5.74, 6) is 1.06. The molecule has 0 radical (unpaired) electrons. The van der Waals surface area contributed by atoms with E-state index in [0.29, 0.717) is 35.5 Å². The Morgan fingerprint density at radius 1 is 1.26 bits per heavy atom. The number of benzene rings is 1. The molecule has 0 spiro atoms. The normalized spacial score (nSPS) is 18.3. The Kier molecular flexibility index (Phi) is 5.84. The van der Waals surface area contributed by atoms with E-state index in [1.807, 2.05) is 12.1 Å². The van der Waals surface area contributed by atoms with Crippen molar-refractivity contribution in [2.75, 3.05) is 19.1 Å². The maximum Gasteiger partial charge on any atom is 0.293 e. The molecule has 2 aromatic heterocycles. The smallest absolute Gasteiger partial charge is 0.293 e. The summed E-state index contributed by atoms with van der Waals surface area (Å²) in [5, 5.41) is 19.9. The average molecular weight is 467 g/mol. The molecule has 2 aliphatic heterocycles. The molecule has 1 saturated heterocycles. The Morgan fingerprint density at radius 2 is 2.12 bits per heavy atom. The molecule has 1 atom stereocenters. The number of likely N-dealkylation sites (tertiary alicyclic amines) is 1. The third-order valence-electron chi connectivity index (χ3n) is 6.08. The number of anilines is 1. The van der Waals surface area contributed by atoms with Crippen LogP contribution in [0.4, 0.5) is 5.82 Å². The highest BCUT2D eigenvalue weighted by molar-refractivity contribution is 6.01. The lowest BCUT2D eigenvalue weighted by Gasteiger charge is -2.33. The molecule has 5 rings (SSSR count). The number of nitrogen functional groups attached to an aromatic ring is 1. The lowest BCUT2D eigenvalue weighted by molar-refractivity contribution is 0.0944. The van der Waals surface area contributed by atoms with Gasteiger partial charge in [0.2, 0.25) is 18.4 Å². The van der Waals surface area contributed by atoms with Crippen molar-refractivity contribution in [3.05, 3.63) is 35.2 Å². The summed E-state index contributed by atoms with van der Waals surface area (Å²) in [7, 11) is 0. The number of piperidine rings is 1. The van der Waals surface area contributed by atoms with E-state index in [1.165, 1.54) is 11.1 Å². The van der Waals surface area contributed by atoms with Crippen LogP contribution in [0.15, 0.2) is 27.9 Å². The summed E-state index contributed by atoms with van der Waals surface area (Å²) in [6.45, 7) is 5.48. The first-order chi connectivity index (χ1) is 16.5. The molecule has 3 aromatic rings. The fraction of sp³-hybridized carbons (Fsp3) is 0.429. The minimum absolute atomic E-state index is 0.0569. The molecule has 178 valence electrons. The van der Waals surface area contributed by atoms with E-state index in [-0.39, 0.29) is 24.1 Å². The predicted octanol–water partition coefficient (Wildman–Crippen LogP) is 1.49. The zero-order chi connectivity index (χ0) is 23.7. The number of nitrogens with two attached hydrogens (primary N) is 1. The summed E-state index contributed by atoms with van der Waals surface area (Å²) in [6, 6.07) is 5.82. The largest absolute Gasteiger partial charge is 0.454 e. The van der Waals surface area contributed by atoms with Crippen molar-refractivity contribution in [1.82, 2.24) is 35.6 Å². The van der Waals surface area contributed by atoms with E-state index < -0.39 is 5.91 Å². The van der Waals surface area contributed by atoms with Gasteiger partial charge >= 0.3 is 0 Å². The first-order valence-electron chi connectivity index (χ1n) is 11.0. The van der Waals surface area contributed by atoms with Crippen LogP contribution in [0.25, 0.3) is 5.82 Å². The van der Waals surface area contributed by atoms with Crippen LogP contribution < -0.4 is 20.6 Å². The molecule has 34 heavy (non-hydrogen) atoms. The molecular weight excluding hydrogens is 442 g/mol. The number of aromatic nitrogens is 5. The summed E-state index contributed by atoms with van der Waals surface area (Å²) in [4.78, 5) is 15.4. The van der Waals surface area contributed by atoms with Crippen LogP contribution in [0.1, 0.15) is 54.9 Å². The third-order valence-corrected chi connectivity index (χ3v) is 6.08. The van der Waals surface area contributed by atoms with Gasteiger partial charge in [0.1, 0.15) is 0 Å². The number of nitrogens with one attached hydrogen (secondary N) is 1. The fourth-order valence-corrected chi connectivity index (χ4v) is 4.09. The molecule has 13 heteroatoms. The number of hydrogen-bond donors (Lipinski definition) is 2. The second-order valence-electron chi connectivity index (χ2n) is 8.29. The van der Waals surface area contributed by atoms with Gasteiger partial charge in [0.25, 0.3) is 5.91 Å². The van der Waals surface area contributed by atoms with E-state index in [1.54, 1.807) is 13.0 Å². The van der Waals surface area contributed by atoms with Gasteiger partial charge in [-0.05, 0) is 61.7 Å². The van der Waals surface area contributed by atoms with Crippen LogP contribution >= 0.6 is 0 Å². The molecule has 1 amide bonds. The van der Waals surface area contributed by atoms with Gasteiger partial charge in [0.05, 0.1) is 11.4 Å². The molecule has 0 saturated carbocycles. The van der Waals surface area contributed by atoms with Crippen LogP contribution in [0.5, 0.6) is 11.5 Å². The fourth-order valence-electron chi connectivity index (χ4n) is 4.09. The van der Waals surface area contributed by atoms with Gasteiger partial charge in [-0.3, -0.25) is 9.69 Å². The molecular formula is C21H25N9O4. The monoisotopic (exact) mass is 467 g/mol. The molecule has 2 aliphatic rings. The van der Waals surface area contributed by atoms with Crippen LogP contribution in [0.3, 0.4) is 0 Å². The molecule has 1 fully saturated rings. The Morgan fingerprint density at radius 3 is 2.91 bits per heavy atom. The zero-order valence-corrected chi connectivity index (χ0v) is 18.9. The van der Waals surface area contributed by atoms with Crippen LogP contribution in [0.2, 0.25) is 0 Å². The Balaban J connectivity index is 1.40. The van der Waals surface area contributed by atoms with Crippen molar-refractivity contribution in [2.24, 2.45) is 5.10 Å². The highest BCUT2D eigenvalue weighted by atomic mass is 16.7. The second kappa shape index (κ2) is 9.09. The number of hydrogen-bond acceptors (Lipinski definition) is 11. The second-order valence-corrected chi connectivity index (χ2v) is 8.29. The number of fused-ring (bicyclic) bond motifs is 1. The topological polar surface area (TPSA) is 159 Å². The summed E-state index contributed by atoms with van der Waals surface area (Å²) in [6.07, 6.45) is 3.34. The maximum absolute atomic E-state index is 13.1. The average Bonchev–Trinajstić information content (AvgIpc) is 3.57. The van der Waals surface area contributed by atoms with Gasteiger partial charge in [-0.25, -0.2) is 10.1 Å². The lowest BCUT2D eigenvalue weighted by atomic mass is 10.0. The molecule has 3 N–H and O–H groups in total. The van der Waals surface area contributed by atoms with Crippen LogP contribution in [-0.4, -0.2) is 61.2 Å². The van der Waals surface area contributed by atoms with Crippen molar-refractivity contribution in [1.29, 1.82) is 0 Å². The number of rotatable bonds is 6. The molecule has 1 aromatic carbocycles. The zero-order valence-electron chi connectivity index (χ0n) is 18.9. The van der Waals surface area contributed by atoms with Gasteiger partial charge in [0, 0.05) is 18.2 Å². The van der Waals surface area contributed by atoms with Gasteiger partial charge in [-0.1, -0.05) is 11.6 Å². The van der Waals surface area contributed by atoms with Crippen molar-refractivity contribution in [3.63, 3.8) is 0 Å². The van der Waals surface area contributed by atoms with Gasteiger partial charge in [-0.2, -0.15) is 9.78 Å². The Labute approximate surface area is 194 Å². The number of carbonyl (C=O) groups excluding carboxylic acids is 1. The molecule has 0 aliphatic carbocycles. The van der Waals surface area contributed by atoms with Crippen molar-refractivity contribution >= 4 is 17.4 Å². The van der Waals surface area contributed by atoms with Gasteiger partial charge in [0.15, 0.2) is 17.2 Å². The first kappa shape index (κ1) is 21.8. The minimum Gasteiger partial charge on any atom is -0.454 e. The van der Waals surface area contributed by atoms with Gasteiger partial charge < -0.3 is 15.2 Å². The van der Waals surface area contributed by atoms with E-state index in [9.17, 15) is 4.79 Å². The Hall–Kier alpha value is -4.00. The minimum atomic E-state index is -0.499. The number of amides is 1. The number of hydrazone groups is 1. The SMILES string of the molecule is C/C(=N\NC(=O)c1nnn(-c2nonc2N)c1CN1CCCC[C@@H]1C)c1ccc2c(c1)OCO2. The van der Waals surface area contributed by atoms with Crippen LogP contribution in [-0.2, 0) is 6.54 Å². The maximum atomic E-state index is 13.1. The number of ether oxygens (including phenoxy) is 2. The number of nitrogens with zero attached hydrogens (tertiary/aromatic N) is 7. The van der Waals surface area contributed by atoms with E-state index in [2.05, 4.69) is 43.0 Å². The van der Waals surface area contributed by atoms with Crippen molar-refractivity contribution in [2.45, 2.75) is 45.7 Å². The van der Waals surface area contributed by atoms with Crippen molar-refractivity contribution < 1.29 is 18.9 Å². The lowest BCUT2D eigenvalue weighted by Crippen LogP contribution is -2.38. The summed E-state index contributed by atoms with van der Waals surface area (Å²) >= 11 is 0.